The number of nitrogens with zero attached hydrogens (tertiary/aromatic N) is 3. The minimum absolute atomic E-state index is 0.523. The van der Waals surface area contributed by atoms with Crippen LogP contribution in [0.2, 0.25) is 0 Å². The average Bonchev–Trinajstić information content (AvgIpc) is 3.33. The summed E-state index contributed by atoms with van der Waals surface area (Å²) in [6, 6.07) is 24.6. The van der Waals surface area contributed by atoms with Crippen LogP contribution in [0.3, 0.4) is 0 Å². The van der Waals surface area contributed by atoms with Crippen molar-refractivity contribution in [2.75, 3.05) is 0 Å². The molecule has 29 heavy (non-hydrogen) atoms. The fourth-order valence-electron chi connectivity index (χ4n) is 3.55. The number of nitrogens with two attached hydrogens (primary N) is 1. The normalized spacial score (nSPS) is 11.1. The molecule has 5 nitrogen and oxygen atoms in total. The van der Waals surface area contributed by atoms with E-state index in [1.807, 2.05) is 30.3 Å². The highest BCUT2D eigenvalue weighted by atomic mass is 15.1. The van der Waals surface area contributed by atoms with Gasteiger partial charge in [-0.1, -0.05) is 54.6 Å². The Morgan fingerprint density at radius 3 is 2.38 bits per heavy atom. The van der Waals surface area contributed by atoms with Gasteiger partial charge in [0.15, 0.2) is 0 Å². The molecule has 5 heteroatoms. The Bertz CT molecular complexity index is 1260. The van der Waals surface area contributed by atoms with Crippen LogP contribution >= 0.6 is 0 Å². The van der Waals surface area contributed by atoms with E-state index in [-0.39, 0.29) is 0 Å². The molecular weight excluding hydrogens is 358 g/mol. The zero-order valence-electron chi connectivity index (χ0n) is 15.7. The molecule has 0 spiro atoms. The number of hydrogen-bond acceptors (Lipinski definition) is 4. The number of H-pyrrole nitrogens is 1. The predicted molar refractivity (Wildman–Crippen MR) is 116 cm³/mol. The first-order chi connectivity index (χ1) is 14.3. The number of pyridine rings is 2. The Hall–Kier alpha value is -3.83. The van der Waals surface area contributed by atoms with Gasteiger partial charge in [-0.05, 0) is 29.3 Å². The first-order valence-corrected chi connectivity index (χ1v) is 9.48. The average molecular weight is 377 g/mol. The topological polar surface area (TPSA) is 80.5 Å². The molecule has 3 aromatic heterocycles. The van der Waals surface area contributed by atoms with E-state index in [4.69, 9.17) is 10.7 Å². The van der Waals surface area contributed by atoms with Crippen LogP contribution in [-0.4, -0.2) is 20.2 Å². The van der Waals surface area contributed by atoms with Gasteiger partial charge in [-0.3, -0.25) is 10.1 Å². The molecule has 0 amide bonds. The maximum Gasteiger partial charge on any atom is 0.111 e. The second-order valence-corrected chi connectivity index (χ2v) is 6.84. The molecule has 0 saturated carbocycles. The number of aromatic amines is 1. The molecule has 0 fully saturated rings. The molecular formula is C24H19N5. The Morgan fingerprint density at radius 1 is 0.828 bits per heavy atom. The monoisotopic (exact) mass is 377 g/mol. The molecule has 3 heterocycles. The van der Waals surface area contributed by atoms with Crippen molar-refractivity contribution in [2.45, 2.75) is 6.54 Å². The van der Waals surface area contributed by atoms with E-state index >= 15 is 0 Å². The highest BCUT2D eigenvalue weighted by molar-refractivity contribution is 5.97. The molecule has 140 valence electrons. The summed E-state index contributed by atoms with van der Waals surface area (Å²) in [5.41, 5.74) is 13.5. The molecule has 0 aliphatic rings. The molecule has 0 radical (unpaired) electrons. The summed E-state index contributed by atoms with van der Waals surface area (Å²) in [7, 11) is 0. The number of rotatable bonds is 4. The third-order valence-corrected chi connectivity index (χ3v) is 5.03. The van der Waals surface area contributed by atoms with Gasteiger partial charge in [-0.2, -0.15) is 5.10 Å². The number of fused-ring (bicyclic) bond motifs is 1. The smallest absolute Gasteiger partial charge is 0.111 e. The largest absolute Gasteiger partial charge is 0.326 e. The summed E-state index contributed by atoms with van der Waals surface area (Å²) in [5, 5.41) is 8.15. The van der Waals surface area contributed by atoms with Crippen LogP contribution in [0.25, 0.3) is 44.7 Å². The van der Waals surface area contributed by atoms with Crippen LogP contribution in [-0.2, 0) is 6.54 Å². The number of nitrogens with one attached hydrogen (secondary N) is 1. The van der Waals surface area contributed by atoms with Crippen molar-refractivity contribution in [3.05, 3.63) is 90.8 Å². The summed E-state index contributed by atoms with van der Waals surface area (Å²) in [6.07, 6.45) is 3.58. The van der Waals surface area contributed by atoms with Crippen LogP contribution in [0.15, 0.2) is 85.2 Å². The summed E-state index contributed by atoms with van der Waals surface area (Å²) >= 11 is 0. The van der Waals surface area contributed by atoms with Crippen molar-refractivity contribution >= 4 is 10.9 Å². The summed E-state index contributed by atoms with van der Waals surface area (Å²) in [4.78, 5) is 9.61. The zero-order valence-corrected chi connectivity index (χ0v) is 15.7. The number of hydrogen-bond donors (Lipinski definition) is 2. The van der Waals surface area contributed by atoms with E-state index in [0.717, 1.165) is 50.2 Å². The maximum atomic E-state index is 5.77. The molecule has 0 bridgehead atoms. The van der Waals surface area contributed by atoms with E-state index in [1.165, 1.54) is 0 Å². The van der Waals surface area contributed by atoms with Gasteiger partial charge in [0.25, 0.3) is 0 Å². The standard InChI is InChI=1S/C24H19N5/c25-15-16-6-8-18(9-7-16)23-19(17-4-2-1-3-5-17)14-20-21(28-23)10-12-26-24(20)22-11-13-27-29-22/h1-14H,15,25H2,(H,27,29). The molecule has 0 saturated heterocycles. The Labute approximate surface area is 168 Å². The lowest BCUT2D eigenvalue weighted by Gasteiger charge is -2.13. The number of benzene rings is 2. The van der Waals surface area contributed by atoms with Crippen molar-refractivity contribution in [2.24, 2.45) is 5.73 Å². The Kier molecular flexibility index (Phi) is 4.35. The summed E-state index contributed by atoms with van der Waals surface area (Å²) in [5.74, 6) is 0. The first kappa shape index (κ1) is 17.3. The van der Waals surface area contributed by atoms with E-state index in [9.17, 15) is 0 Å². The Balaban J connectivity index is 1.79. The van der Waals surface area contributed by atoms with Crippen LogP contribution in [0.5, 0.6) is 0 Å². The fourth-order valence-corrected chi connectivity index (χ4v) is 3.55. The quantitative estimate of drug-likeness (QED) is 0.471. The van der Waals surface area contributed by atoms with Crippen molar-refractivity contribution in [1.82, 2.24) is 20.2 Å². The SMILES string of the molecule is NCc1ccc(-c2nc3ccnc(-c4cc[nH]n4)c3cc2-c2ccccc2)cc1. The highest BCUT2D eigenvalue weighted by Gasteiger charge is 2.15. The number of aromatic nitrogens is 4. The second-order valence-electron chi connectivity index (χ2n) is 6.84. The Morgan fingerprint density at radius 2 is 1.66 bits per heavy atom. The molecule has 0 aliphatic carbocycles. The van der Waals surface area contributed by atoms with Crippen molar-refractivity contribution in [3.8, 4) is 33.8 Å². The first-order valence-electron chi connectivity index (χ1n) is 9.48. The van der Waals surface area contributed by atoms with Crippen LogP contribution < -0.4 is 5.73 Å². The van der Waals surface area contributed by atoms with Crippen molar-refractivity contribution < 1.29 is 0 Å². The molecule has 0 atom stereocenters. The molecule has 2 aromatic carbocycles. The van der Waals surface area contributed by atoms with Crippen LogP contribution in [0, 0.1) is 0 Å². The maximum absolute atomic E-state index is 5.77. The third kappa shape index (κ3) is 3.17. The summed E-state index contributed by atoms with van der Waals surface area (Å²) in [6.45, 7) is 0.523. The van der Waals surface area contributed by atoms with Gasteiger partial charge in [0.05, 0.1) is 16.9 Å². The zero-order chi connectivity index (χ0) is 19.6. The van der Waals surface area contributed by atoms with E-state index in [0.29, 0.717) is 6.54 Å². The molecule has 3 N–H and O–H groups in total. The minimum atomic E-state index is 0.523. The minimum Gasteiger partial charge on any atom is -0.326 e. The lowest BCUT2D eigenvalue weighted by atomic mass is 9.96. The van der Waals surface area contributed by atoms with Crippen molar-refractivity contribution in [3.63, 3.8) is 0 Å². The van der Waals surface area contributed by atoms with Gasteiger partial charge in [-0.25, -0.2) is 4.98 Å². The van der Waals surface area contributed by atoms with Gasteiger partial charge in [0.2, 0.25) is 0 Å². The predicted octanol–water partition coefficient (Wildman–Crippen LogP) is 4.81. The van der Waals surface area contributed by atoms with Gasteiger partial charge in [0, 0.05) is 35.5 Å². The lowest BCUT2D eigenvalue weighted by Crippen LogP contribution is -1.97. The van der Waals surface area contributed by atoms with E-state index in [2.05, 4.69) is 57.6 Å². The summed E-state index contributed by atoms with van der Waals surface area (Å²) < 4.78 is 0. The van der Waals surface area contributed by atoms with E-state index in [1.54, 1.807) is 12.4 Å². The second kappa shape index (κ2) is 7.30. The van der Waals surface area contributed by atoms with Crippen molar-refractivity contribution in [1.29, 1.82) is 0 Å². The third-order valence-electron chi connectivity index (χ3n) is 5.03. The molecule has 5 rings (SSSR count). The van der Waals surface area contributed by atoms with Gasteiger partial charge in [0.1, 0.15) is 5.69 Å². The molecule has 0 unspecified atom stereocenters. The van der Waals surface area contributed by atoms with Gasteiger partial charge >= 0.3 is 0 Å². The van der Waals surface area contributed by atoms with Gasteiger partial charge < -0.3 is 5.73 Å². The fraction of sp³-hybridized carbons (Fsp3) is 0.0417. The molecule has 5 aromatic rings. The van der Waals surface area contributed by atoms with Crippen LogP contribution in [0.1, 0.15) is 5.56 Å². The van der Waals surface area contributed by atoms with Gasteiger partial charge in [-0.15, -0.1) is 0 Å². The highest BCUT2D eigenvalue weighted by Crippen LogP contribution is 2.35. The molecule has 0 aliphatic heterocycles. The lowest BCUT2D eigenvalue weighted by molar-refractivity contribution is 1.07. The van der Waals surface area contributed by atoms with Crippen LogP contribution in [0.4, 0.5) is 0 Å². The van der Waals surface area contributed by atoms with E-state index < -0.39 is 0 Å².